The van der Waals surface area contributed by atoms with Crippen molar-refractivity contribution in [2.24, 2.45) is 5.92 Å². The zero-order chi connectivity index (χ0) is 12.7. The molecule has 0 aromatic carbocycles. The molecule has 1 fully saturated rings. The summed E-state index contributed by atoms with van der Waals surface area (Å²) < 4.78 is 12.5. The van der Waals surface area contributed by atoms with E-state index in [4.69, 9.17) is 0 Å². The Kier molecular flexibility index (Phi) is 9.97. The molecule has 0 heterocycles. The summed E-state index contributed by atoms with van der Waals surface area (Å²) in [7, 11) is -2.88. The van der Waals surface area contributed by atoms with Crippen LogP contribution in [-0.4, -0.2) is 16.7 Å². The molecule has 1 saturated carbocycles. The molecule has 1 aliphatic carbocycles. The Morgan fingerprint density at radius 1 is 1.22 bits per heavy atom. The molecule has 1 N–H and O–H groups in total. The van der Waals surface area contributed by atoms with E-state index in [1.54, 1.807) is 0 Å². The van der Waals surface area contributed by atoms with E-state index in [0.717, 1.165) is 38.5 Å². The Morgan fingerprint density at radius 2 is 1.83 bits per heavy atom. The van der Waals surface area contributed by atoms with Gasteiger partial charge in [0.2, 0.25) is 7.37 Å². The quantitative estimate of drug-likeness (QED) is 0.541. The predicted octanol–water partition coefficient (Wildman–Crippen LogP) is 4.80. The molecule has 2 atom stereocenters. The molecule has 0 radical (unpaired) electrons. The predicted molar refractivity (Wildman–Crippen MR) is 74.9 cm³/mol. The minimum Gasteiger partial charge on any atom is -0.344 e. The van der Waals surface area contributed by atoms with Gasteiger partial charge in [-0.05, 0) is 25.2 Å². The van der Waals surface area contributed by atoms with Gasteiger partial charge in [0.25, 0.3) is 0 Å². The Morgan fingerprint density at radius 3 is 2.33 bits per heavy atom. The summed E-state index contributed by atoms with van der Waals surface area (Å²) in [6.07, 6.45) is 10.7. The fourth-order valence-electron chi connectivity index (χ4n) is 2.92. The first kappa shape index (κ1) is 18.7. The first-order chi connectivity index (χ1) is 8.10. The van der Waals surface area contributed by atoms with E-state index in [1.807, 2.05) is 0 Å². The summed E-state index contributed by atoms with van der Waals surface area (Å²) >= 11 is 0. The van der Waals surface area contributed by atoms with Gasteiger partial charge in [0.1, 0.15) is 0 Å². The third-order valence-electron chi connectivity index (χ3n) is 4.21. The zero-order valence-corrected chi connectivity index (χ0v) is 13.9. The molecule has 1 rings (SSSR count). The van der Waals surface area contributed by atoms with Crippen LogP contribution in [0.25, 0.3) is 0 Å². The van der Waals surface area contributed by atoms with Gasteiger partial charge in [0, 0.05) is 28.9 Å². The normalized spacial score (nSPS) is 21.9. The molecule has 0 aromatic rings. The Bertz CT molecular complexity index is 252. The van der Waals surface area contributed by atoms with Crippen molar-refractivity contribution in [2.45, 2.75) is 77.3 Å². The van der Waals surface area contributed by atoms with Crippen molar-refractivity contribution in [1.82, 2.24) is 0 Å². The maximum absolute atomic E-state index is 12.5. The molecular weight excluding hydrogens is 287 g/mol. The summed E-state index contributed by atoms with van der Waals surface area (Å²) in [4.78, 5) is 10.3. The molecular formula is C14H29FeO2P. The third kappa shape index (κ3) is 6.24. The second-order valence-electron chi connectivity index (χ2n) is 5.65. The number of hydrogen-bond acceptors (Lipinski definition) is 1. The summed E-state index contributed by atoms with van der Waals surface area (Å²) in [6, 6.07) is 0. The summed E-state index contributed by atoms with van der Waals surface area (Å²) in [5.41, 5.74) is 0.118. The van der Waals surface area contributed by atoms with Crippen molar-refractivity contribution in [3.63, 3.8) is 0 Å². The molecule has 0 saturated heterocycles. The molecule has 0 spiro atoms. The van der Waals surface area contributed by atoms with E-state index >= 15 is 0 Å². The van der Waals surface area contributed by atoms with Crippen LogP contribution in [-0.2, 0) is 21.6 Å². The van der Waals surface area contributed by atoms with Crippen molar-refractivity contribution in [2.75, 3.05) is 6.16 Å². The molecule has 0 bridgehead atoms. The second-order valence-corrected chi connectivity index (χ2v) is 8.25. The molecule has 2 unspecified atom stereocenters. The van der Waals surface area contributed by atoms with E-state index in [1.165, 1.54) is 19.3 Å². The smallest absolute Gasteiger partial charge is 0.203 e. The number of unbranched alkanes of at least 4 members (excludes halogenated alkanes) is 1. The fraction of sp³-hybridized carbons (Fsp3) is 1.00. The van der Waals surface area contributed by atoms with Gasteiger partial charge < -0.3 is 4.89 Å². The molecule has 2 nitrogen and oxygen atoms in total. The summed E-state index contributed by atoms with van der Waals surface area (Å²) in [5.74, 6) is 0.465. The Balaban J connectivity index is 0.00000289. The van der Waals surface area contributed by atoms with Gasteiger partial charge in [0.05, 0.1) is 0 Å². The SMILES string of the molecule is CCCCC(CC)CP(=O)(O)C1CCCCC1.[Fe]. The first-order valence-electron chi connectivity index (χ1n) is 7.41. The van der Waals surface area contributed by atoms with Crippen LogP contribution in [0.5, 0.6) is 0 Å². The standard InChI is InChI=1S/C14H29O2P.Fe/c1-3-5-9-13(4-2)12-17(15,16)14-10-7-6-8-11-14;/h13-14H,3-12H2,1-2H3,(H,15,16);. The largest absolute Gasteiger partial charge is 0.344 e. The van der Waals surface area contributed by atoms with Crippen LogP contribution in [0.1, 0.15) is 71.6 Å². The molecule has 0 aromatic heterocycles. The van der Waals surface area contributed by atoms with E-state index in [9.17, 15) is 9.46 Å². The monoisotopic (exact) mass is 316 g/mol. The third-order valence-corrected chi connectivity index (χ3v) is 6.91. The van der Waals surface area contributed by atoms with Gasteiger partial charge in [-0.15, -0.1) is 0 Å². The number of hydrogen-bond donors (Lipinski definition) is 1. The number of rotatable bonds is 7. The molecule has 4 heteroatoms. The van der Waals surface area contributed by atoms with Crippen molar-refractivity contribution in [3.05, 3.63) is 0 Å². The minimum atomic E-state index is -2.88. The summed E-state index contributed by atoms with van der Waals surface area (Å²) in [5, 5.41) is 0. The Labute approximate surface area is 123 Å². The van der Waals surface area contributed by atoms with E-state index in [-0.39, 0.29) is 22.7 Å². The van der Waals surface area contributed by atoms with E-state index < -0.39 is 7.37 Å². The van der Waals surface area contributed by atoms with Crippen LogP contribution in [0.15, 0.2) is 0 Å². The molecule has 0 aliphatic heterocycles. The topological polar surface area (TPSA) is 37.3 Å². The van der Waals surface area contributed by atoms with Gasteiger partial charge in [0.15, 0.2) is 0 Å². The van der Waals surface area contributed by atoms with Crippen molar-refractivity contribution >= 4 is 7.37 Å². The van der Waals surface area contributed by atoms with Gasteiger partial charge in [-0.2, -0.15) is 0 Å². The van der Waals surface area contributed by atoms with Crippen LogP contribution in [0.4, 0.5) is 0 Å². The zero-order valence-electron chi connectivity index (χ0n) is 11.9. The van der Waals surface area contributed by atoms with Crippen molar-refractivity contribution in [1.29, 1.82) is 0 Å². The van der Waals surface area contributed by atoms with Crippen molar-refractivity contribution < 1.29 is 26.5 Å². The van der Waals surface area contributed by atoms with Crippen LogP contribution >= 0.6 is 7.37 Å². The van der Waals surface area contributed by atoms with Crippen LogP contribution in [0.2, 0.25) is 0 Å². The molecule has 1 aliphatic rings. The van der Waals surface area contributed by atoms with Gasteiger partial charge in [-0.1, -0.05) is 52.4 Å². The molecule has 110 valence electrons. The van der Waals surface area contributed by atoms with E-state index in [2.05, 4.69) is 13.8 Å². The fourth-order valence-corrected chi connectivity index (χ4v) is 5.57. The second kappa shape index (κ2) is 9.59. The van der Waals surface area contributed by atoms with Crippen LogP contribution in [0.3, 0.4) is 0 Å². The first-order valence-corrected chi connectivity index (χ1v) is 9.33. The maximum Gasteiger partial charge on any atom is 0.203 e. The molecule has 0 amide bonds. The van der Waals surface area contributed by atoms with Crippen LogP contribution in [0, 0.1) is 5.92 Å². The van der Waals surface area contributed by atoms with Gasteiger partial charge >= 0.3 is 0 Å². The average molecular weight is 316 g/mol. The summed E-state index contributed by atoms with van der Waals surface area (Å²) in [6.45, 7) is 4.34. The van der Waals surface area contributed by atoms with Gasteiger partial charge in [-0.3, -0.25) is 4.57 Å². The minimum absolute atomic E-state index is 0. The van der Waals surface area contributed by atoms with E-state index in [0.29, 0.717) is 12.1 Å². The maximum atomic E-state index is 12.5. The average Bonchev–Trinajstić information content (AvgIpc) is 2.35. The Hall–Kier alpha value is 0.709. The van der Waals surface area contributed by atoms with Gasteiger partial charge in [-0.25, -0.2) is 0 Å². The van der Waals surface area contributed by atoms with Crippen molar-refractivity contribution in [3.8, 4) is 0 Å². The van der Waals surface area contributed by atoms with Crippen LogP contribution < -0.4 is 0 Å². The molecule has 18 heavy (non-hydrogen) atoms.